The highest BCUT2D eigenvalue weighted by atomic mass is 19.1. The minimum atomic E-state index is -0.893. The number of piperidine rings is 1. The Labute approximate surface area is 195 Å². The van der Waals surface area contributed by atoms with E-state index in [1.807, 2.05) is 12.1 Å². The molecule has 1 aliphatic heterocycles. The molecule has 0 atom stereocenters. The number of hydrogen-bond donors (Lipinski definition) is 2. The lowest BCUT2D eigenvalue weighted by Gasteiger charge is -2.35. The molecule has 0 aliphatic carbocycles. The van der Waals surface area contributed by atoms with Gasteiger partial charge in [0.15, 0.2) is 0 Å². The Balaban J connectivity index is 1.35. The molecule has 0 spiro atoms. The van der Waals surface area contributed by atoms with Gasteiger partial charge in [0.2, 0.25) is 0 Å². The van der Waals surface area contributed by atoms with Gasteiger partial charge in [-0.15, -0.1) is 0 Å². The standard InChI is InChI=1S/C26H24F3N3O2/c27-18-7-5-17(6-8-18)16-30-25(33)22-3-1-2-4-24(22)32-13-11-20(12-14-32)31-26(34)21-10-9-19(28)15-23(21)29/h1-10,15,20H,11-14,16H2,(H,30,33)(H,31,34). The summed E-state index contributed by atoms with van der Waals surface area (Å²) in [6, 6.07) is 15.9. The van der Waals surface area contributed by atoms with Crippen LogP contribution >= 0.6 is 0 Å². The van der Waals surface area contributed by atoms with Gasteiger partial charge < -0.3 is 15.5 Å². The molecule has 0 radical (unpaired) electrons. The molecule has 2 N–H and O–H groups in total. The lowest BCUT2D eigenvalue weighted by Crippen LogP contribution is -2.45. The van der Waals surface area contributed by atoms with Crippen LogP contribution in [0, 0.1) is 17.5 Å². The maximum Gasteiger partial charge on any atom is 0.254 e. The Morgan fingerprint density at radius 3 is 2.21 bits per heavy atom. The van der Waals surface area contributed by atoms with Crippen molar-refractivity contribution in [2.75, 3.05) is 18.0 Å². The van der Waals surface area contributed by atoms with Gasteiger partial charge in [0.05, 0.1) is 11.1 Å². The van der Waals surface area contributed by atoms with Crippen LogP contribution < -0.4 is 15.5 Å². The third kappa shape index (κ3) is 5.57. The summed E-state index contributed by atoms with van der Waals surface area (Å²) in [5.74, 6) is -2.76. The zero-order valence-electron chi connectivity index (χ0n) is 18.4. The van der Waals surface area contributed by atoms with Gasteiger partial charge in [0.1, 0.15) is 17.5 Å². The fourth-order valence-electron chi connectivity index (χ4n) is 4.02. The van der Waals surface area contributed by atoms with E-state index in [2.05, 4.69) is 15.5 Å². The highest BCUT2D eigenvalue weighted by molar-refractivity contribution is 5.99. The van der Waals surface area contributed by atoms with Crippen molar-refractivity contribution in [2.24, 2.45) is 0 Å². The molecule has 8 heteroatoms. The van der Waals surface area contributed by atoms with Crippen molar-refractivity contribution in [2.45, 2.75) is 25.4 Å². The molecular weight excluding hydrogens is 443 g/mol. The van der Waals surface area contributed by atoms with E-state index in [9.17, 15) is 22.8 Å². The van der Waals surface area contributed by atoms with Crippen LogP contribution in [0.5, 0.6) is 0 Å². The summed E-state index contributed by atoms with van der Waals surface area (Å²) < 4.78 is 40.1. The number of nitrogens with one attached hydrogen (secondary N) is 2. The molecule has 34 heavy (non-hydrogen) atoms. The third-order valence-electron chi connectivity index (χ3n) is 5.86. The van der Waals surface area contributed by atoms with E-state index in [4.69, 9.17) is 0 Å². The van der Waals surface area contributed by atoms with Gasteiger partial charge in [0.25, 0.3) is 11.8 Å². The Hall–Kier alpha value is -3.81. The first kappa shape index (κ1) is 23.4. The van der Waals surface area contributed by atoms with Crippen LogP contribution in [0.2, 0.25) is 0 Å². The lowest BCUT2D eigenvalue weighted by atomic mass is 10.0. The zero-order valence-corrected chi connectivity index (χ0v) is 18.4. The number of hydrogen-bond acceptors (Lipinski definition) is 3. The van der Waals surface area contributed by atoms with Crippen molar-refractivity contribution in [1.82, 2.24) is 10.6 Å². The number of halogens is 3. The van der Waals surface area contributed by atoms with E-state index < -0.39 is 17.5 Å². The number of rotatable bonds is 6. The van der Waals surface area contributed by atoms with Crippen LogP contribution in [0.4, 0.5) is 18.9 Å². The van der Waals surface area contributed by atoms with Crippen molar-refractivity contribution in [3.05, 3.63) is 101 Å². The van der Waals surface area contributed by atoms with E-state index in [1.54, 1.807) is 24.3 Å². The van der Waals surface area contributed by atoms with Crippen molar-refractivity contribution in [1.29, 1.82) is 0 Å². The Kier molecular flexibility index (Phi) is 7.15. The SMILES string of the molecule is O=C(NC1CCN(c2ccccc2C(=O)NCc2ccc(F)cc2)CC1)c1ccc(F)cc1F. The van der Waals surface area contributed by atoms with Gasteiger partial charge in [-0.1, -0.05) is 24.3 Å². The average Bonchev–Trinajstić information content (AvgIpc) is 2.84. The van der Waals surface area contributed by atoms with Crippen LogP contribution in [-0.4, -0.2) is 30.9 Å². The molecule has 1 heterocycles. The second-order valence-electron chi connectivity index (χ2n) is 8.19. The van der Waals surface area contributed by atoms with Crippen molar-refractivity contribution >= 4 is 17.5 Å². The van der Waals surface area contributed by atoms with Crippen LogP contribution in [0.15, 0.2) is 66.7 Å². The Morgan fingerprint density at radius 2 is 1.50 bits per heavy atom. The molecule has 0 bridgehead atoms. The largest absolute Gasteiger partial charge is 0.371 e. The van der Waals surface area contributed by atoms with Crippen LogP contribution in [-0.2, 0) is 6.54 Å². The quantitative estimate of drug-likeness (QED) is 0.564. The van der Waals surface area contributed by atoms with E-state index in [0.29, 0.717) is 37.6 Å². The average molecular weight is 467 g/mol. The van der Waals surface area contributed by atoms with Gasteiger partial charge in [-0.05, 0) is 54.8 Å². The molecule has 3 aromatic carbocycles. The summed E-state index contributed by atoms with van der Waals surface area (Å²) in [6.07, 6.45) is 1.22. The van der Waals surface area contributed by atoms with Gasteiger partial charge in [-0.2, -0.15) is 0 Å². The van der Waals surface area contributed by atoms with Gasteiger partial charge in [-0.25, -0.2) is 13.2 Å². The molecule has 3 aromatic rings. The normalized spacial score (nSPS) is 14.0. The number of carbonyl (C=O) groups is 2. The number of benzene rings is 3. The predicted molar refractivity (Wildman–Crippen MR) is 123 cm³/mol. The van der Waals surface area contributed by atoms with Gasteiger partial charge >= 0.3 is 0 Å². The molecule has 1 fully saturated rings. The van der Waals surface area contributed by atoms with Crippen molar-refractivity contribution < 1.29 is 22.8 Å². The minimum absolute atomic E-state index is 0.160. The monoisotopic (exact) mass is 467 g/mol. The fourth-order valence-corrected chi connectivity index (χ4v) is 4.02. The summed E-state index contributed by atoms with van der Waals surface area (Å²) >= 11 is 0. The number of anilines is 1. The maximum absolute atomic E-state index is 13.9. The van der Waals surface area contributed by atoms with Gasteiger partial charge in [-0.3, -0.25) is 9.59 Å². The molecule has 5 nitrogen and oxygen atoms in total. The first-order valence-electron chi connectivity index (χ1n) is 11.0. The zero-order chi connectivity index (χ0) is 24.1. The smallest absolute Gasteiger partial charge is 0.254 e. The van der Waals surface area contributed by atoms with Crippen molar-refractivity contribution in [3.63, 3.8) is 0 Å². The molecule has 4 rings (SSSR count). The Morgan fingerprint density at radius 1 is 0.824 bits per heavy atom. The summed E-state index contributed by atoms with van der Waals surface area (Å²) in [6.45, 7) is 1.47. The number of para-hydroxylation sites is 1. The number of carbonyl (C=O) groups excluding carboxylic acids is 2. The predicted octanol–water partition coefficient (Wildman–Crippen LogP) is 4.43. The molecule has 2 amide bonds. The molecule has 1 saturated heterocycles. The van der Waals surface area contributed by atoms with Gasteiger partial charge in [0, 0.05) is 37.4 Å². The molecule has 0 aromatic heterocycles. The van der Waals surface area contributed by atoms with Crippen molar-refractivity contribution in [3.8, 4) is 0 Å². The summed E-state index contributed by atoms with van der Waals surface area (Å²) in [7, 11) is 0. The number of amides is 2. The van der Waals surface area contributed by atoms with Crippen LogP contribution in [0.25, 0.3) is 0 Å². The number of nitrogens with zero attached hydrogens (tertiary/aromatic N) is 1. The molecule has 0 unspecified atom stereocenters. The van der Waals surface area contributed by atoms with Crippen LogP contribution in [0.1, 0.15) is 39.1 Å². The summed E-state index contributed by atoms with van der Waals surface area (Å²) in [5.41, 5.74) is 1.92. The summed E-state index contributed by atoms with van der Waals surface area (Å²) in [4.78, 5) is 27.3. The van der Waals surface area contributed by atoms with E-state index >= 15 is 0 Å². The minimum Gasteiger partial charge on any atom is -0.371 e. The lowest BCUT2D eigenvalue weighted by molar-refractivity contribution is 0.0925. The second-order valence-corrected chi connectivity index (χ2v) is 8.19. The van der Waals surface area contributed by atoms with E-state index in [1.165, 1.54) is 12.1 Å². The maximum atomic E-state index is 13.9. The highest BCUT2D eigenvalue weighted by Crippen LogP contribution is 2.25. The molecule has 176 valence electrons. The first-order chi connectivity index (χ1) is 16.4. The Bertz CT molecular complexity index is 1180. The fraction of sp³-hybridized carbons (Fsp3) is 0.231. The highest BCUT2D eigenvalue weighted by Gasteiger charge is 2.25. The topological polar surface area (TPSA) is 61.4 Å². The molecule has 1 aliphatic rings. The first-order valence-corrected chi connectivity index (χ1v) is 11.0. The van der Waals surface area contributed by atoms with E-state index in [-0.39, 0.29) is 29.9 Å². The summed E-state index contributed by atoms with van der Waals surface area (Å²) in [5, 5.41) is 5.68. The second kappa shape index (κ2) is 10.4. The van der Waals surface area contributed by atoms with E-state index in [0.717, 1.165) is 23.4 Å². The third-order valence-corrected chi connectivity index (χ3v) is 5.86. The molecular formula is C26H24F3N3O2. The van der Waals surface area contributed by atoms with Crippen LogP contribution in [0.3, 0.4) is 0 Å². The molecule has 0 saturated carbocycles.